The topological polar surface area (TPSA) is 105 Å². The standard InChI is InChI=1S/C22H24FN4O3/c1-13(2)7-14-3-4-15(8-19(14)23)21(28)26-20(24)16-5-6-18(25-9-16)12-27-10-17(11-27)22(29)30/h3-6,8-9,13,17H,7,10-12H2,1-2H3,(H2-,24,26,28,29,30)/q-1. The van der Waals surface area contributed by atoms with Crippen LogP contribution in [0.4, 0.5) is 4.39 Å². The summed E-state index contributed by atoms with van der Waals surface area (Å²) in [5, 5.41) is 21.5. The molecule has 3 rings (SSSR count). The third-order valence-electron chi connectivity index (χ3n) is 4.97. The Labute approximate surface area is 174 Å². The molecule has 1 amide bonds. The second kappa shape index (κ2) is 9.13. The average Bonchev–Trinajstić information content (AvgIpc) is 2.65. The molecule has 0 atom stereocenters. The number of nitrogens with zero attached hydrogens (tertiary/aromatic N) is 3. The number of carbonyl (C=O) groups excluding carboxylic acids is 1. The summed E-state index contributed by atoms with van der Waals surface area (Å²) >= 11 is 0. The monoisotopic (exact) mass is 411 g/mol. The molecule has 8 heteroatoms. The number of likely N-dealkylation sites (tertiary alicyclic amines) is 1. The van der Waals surface area contributed by atoms with Crippen LogP contribution in [0.25, 0.3) is 5.41 Å². The fourth-order valence-corrected chi connectivity index (χ4v) is 3.29. The Hall–Kier alpha value is -3.13. The number of rotatable bonds is 7. The van der Waals surface area contributed by atoms with E-state index in [1.165, 1.54) is 18.3 Å². The maximum atomic E-state index is 14.2. The van der Waals surface area contributed by atoms with Crippen molar-refractivity contribution in [2.45, 2.75) is 26.8 Å². The Balaban J connectivity index is 1.56. The van der Waals surface area contributed by atoms with Crippen molar-refractivity contribution in [3.05, 3.63) is 70.1 Å². The van der Waals surface area contributed by atoms with Gasteiger partial charge in [-0.3, -0.25) is 19.5 Å². The van der Waals surface area contributed by atoms with E-state index < -0.39 is 17.7 Å². The number of amides is 1. The molecule has 0 saturated carbocycles. The lowest BCUT2D eigenvalue weighted by atomic mass is 10.0. The maximum Gasteiger partial charge on any atom is 0.309 e. The van der Waals surface area contributed by atoms with Crippen LogP contribution in [0.1, 0.15) is 41.0 Å². The number of hydrogen-bond donors (Lipinski definition) is 2. The molecule has 0 unspecified atom stereocenters. The molecule has 1 aliphatic heterocycles. The molecule has 2 heterocycles. The van der Waals surface area contributed by atoms with Crippen molar-refractivity contribution in [2.24, 2.45) is 11.8 Å². The fraction of sp³-hybridized carbons (Fsp3) is 0.364. The Morgan fingerprint density at radius 1 is 1.27 bits per heavy atom. The third kappa shape index (κ3) is 5.27. The largest absolute Gasteiger partial charge is 0.481 e. The average molecular weight is 411 g/mol. The first-order valence-electron chi connectivity index (χ1n) is 9.79. The summed E-state index contributed by atoms with van der Waals surface area (Å²) in [5.74, 6) is -2.27. The number of carbonyl (C=O) groups is 2. The lowest BCUT2D eigenvalue weighted by Crippen LogP contribution is -2.49. The molecule has 0 bridgehead atoms. The number of carboxylic acid groups (broad SMARTS) is 1. The van der Waals surface area contributed by atoms with Crippen LogP contribution in [0.3, 0.4) is 0 Å². The van der Waals surface area contributed by atoms with Crippen molar-refractivity contribution in [1.82, 2.24) is 15.2 Å². The van der Waals surface area contributed by atoms with Crippen LogP contribution in [0, 0.1) is 17.7 Å². The van der Waals surface area contributed by atoms with Crippen molar-refractivity contribution < 1.29 is 19.1 Å². The van der Waals surface area contributed by atoms with Gasteiger partial charge in [0.25, 0.3) is 0 Å². The zero-order valence-electron chi connectivity index (χ0n) is 16.9. The van der Waals surface area contributed by atoms with E-state index in [0.717, 1.165) is 5.69 Å². The van der Waals surface area contributed by atoms with Gasteiger partial charge in [0, 0.05) is 31.4 Å². The minimum Gasteiger partial charge on any atom is -0.481 e. The first-order valence-corrected chi connectivity index (χ1v) is 9.79. The molecule has 1 aliphatic rings. The van der Waals surface area contributed by atoms with Crippen LogP contribution in [0.15, 0.2) is 36.5 Å². The van der Waals surface area contributed by atoms with Gasteiger partial charge in [0.1, 0.15) is 5.82 Å². The predicted molar refractivity (Wildman–Crippen MR) is 111 cm³/mol. The van der Waals surface area contributed by atoms with Crippen molar-refractivity contribution >= 4 is 17.7 Å². The number of halogens is 1. The summed E-state index contributed by atoms with van der Waals surface area (Å²) in [6.45, 7) is 5.46. The summed E-state index contributed by atoms with van der Waals surface area (Å²) in [5.41, 5.74) is 1.70. The van der Waals surface area contributed by atoms with Gasteiger partial charge in [-0.25, -0.2) is 4.39 Å². The zero-order chi connectivity index (χ0) is 21.8. The van der Waals surface area contributed by atoms with Crippen molar-refractivity contribution in [2.75, 3.05) is 13.1 Å². The number of hydrogen-bond acceptors (Lipinski definition) is 4. The highest BCUT2D eigenvalue weighted by Gasteiger charge is 2.32. The summed E-state index contributed by atoms with van der Waals surface area (Å²) in [6.07, 6.45) is 2.00. The summed E-state index contributed by atoms with van der Waals surface area (Å²) in [7, 11) is 0. The minimum absolute atomic E-state index is 0.113. The Kier molecular flexibility index (Phi) is 6.56. The number of aliphatic carboxylic acids is 1. The van der Waals surface area contributed by atoms with Crippen LogP contribution in [-0.4, -0.2) is 45.8 Å². The molecule has 2 N–H and O–H groups in total. The van der Waals surface area contributed by atoms with Crippen molar-refractivity contribution in [3.63, 3.8) is 0 Å². The lowest BCUT2D eigenvalue weighted by Gasteiger charge is -2.36. The number of benzene rings is 1. The van der Waals surface area contributed by atoms with Gasteiger partial charge in [-0.2, -0.15) is 0 Å². The maximum absolute atomic E-state index is 14.2. The molecule has 1 saturated heterocycles. The third-order valence-corrected chi connectivity index (χ3v) is 4.97. The second-order valence-corrected chi connectivity index (χ2v) is 7.97. The molecule has 7 nitrogen and oxygen atoms in total. The van der Waals surface area contributed by atoms with Gasteiger partial charge >= 0.3 is 5.97 Å². The molecule has 1 aromatic carbocycles. The van der Waals surface area contributed by atoms with E-state index in [-0.39, 0.29) is 17.3 Å². The highest BCUT2D eigenvalue weighted by Crippen LogP contribution is 2.18. The molecule has 0 aliphatic carbocycles. The van der Waals surface area contributed by atoms with Gasteiger partial charge in [0.05, 0.1) is 11.6 Å². The van der Waals surface area contributed by atoms with Gasteiger partial charge in [0.15, 0.2) is 5.91 Å². The number of carboxylic acids is 1. The Morgan fingerprint density at radius 3 is 2.53 bits per heavy atom. The van der Waals surface area contributed by atoms with Crippen molar-refractivity contribution in [3.8, 4) is 0 Å². The smallest absolute Gasteiger partial charge is 0.309 e. The van der Waals surface area contributed by atoms with Gasteiger partial charge in [-0.05, 0) is 35.6 Å². The Morgan fingerprint density at radius 2 is 1.97 bits per heavy atom. The summed E-state index contributed by atoms with van der Waals surface area (Å²) in [6, 6.07) is 7.59. The lowest BCUT2D eigenvalue weighted by molar-refractivity contribution is -0.147. The van der Waals surface area contributed by atoms with E-state index in [9.17, 15) is 19.4 Å². The van der Waals surface area contributed by atoms with E-state index in [1.54, 1.807) is 18.2 Å². The summed E-state index contributed by atoms with van der Waals surface area (Å²) < 4.78 is 14.2. The molecule has 2 aromatic rings. The molecule has 0 spiro atoms. The number of amidine groups is 1. The number of pyridine rings is 1. The quantitative estimate of drug-likeness (QED) is 0.538. The van der Waals surface area contributed by atoms with Gasteiger partial charge in [-0.1, -0.05) is 37.9 Å². The zero-order valence-corrected chi connectivity index (χ0v) is 16.9. The highest BCUT2D eigenvalue weighted by atomic mass is 19.1. The second-order valence-electron chi connectivity index (χ2n) is 7.97. The van der Waals surface area contributed by atoms with Gasteiger partial charge in [0.2, 0.25) is 0 Å². The molecular formula is C22H24FN4O3-. The van der Waals surface area contributed by atoms with E-state index in [1.807, 2.05) is 18.7 Å². The minimum atomic E-state index is -0.792. The summed E-state index contributed by atoms with van der Waals surface area (Å²) in [4.78, 5) is 29.4. The van der Waals surface area contributed by atoms with E-state index in [4.69, 9.17) is 5.11 Å². The fourth-order valence-electron chi connectivity index (χ4n) is 3.29. The molecule has 1 aromatic heterocycles. The first kappa shape index (κ1) is 21.6. The van der Waals surface area contributed by atoms with E-state index >= 15 is 0 Å². The molecule has 30 heavy (non-hydrogen) atoms. The highest BCUT2D eigenvalue weighted by molar-refractivity contribution is 6.13. The van der Waals surface area contributed by atoms with Gasteiger partial charge < -0.3 is 15.8 Å². The number of aromatic nitrogens is 1. The normalized spacial score (nSPS) is 14.4. The van der Waals surface area contributed by atoms with Crippen LogP contribution >= 0.6 is 0 Å². The number of nitrogens with one attached hydrogen (secondary N) is 1. The van der Waals surface area contributed by atoms with Crippen LogP contribution in [0.5, 0.6) is 0 Å². The van der Waals surface area contributed by atoms with Gasteiger partial charge in [-0.15, -0.1) is 0 Å². The van der Waals surface area contributed by atoms with Crippen LogP contribution in [-0.2, 0) is 17.8 Å². The Bertz CT molecular complexity index is 953. The predicted octanol–water partition coefficient (Wildman–Crippen LogP) is 2.68. The van der Waals surface area contributed by atoms with E-state index in [0.29, 0.717) is 43.1 Å². The first-order chi connectivity index (χ1) is 14.2. The molecular weight excluding hydrogens is 387 g/mol. The van der Waals surface area contributed by atoms with Crippen molar-refractivity contribution in [1.29, 1.82) is 0 Å². The van der Waals surface area contributed by atoms with Crippen LogP contribution < -0.4 is 5.32 Å². The molecule has 0 radical (unpaired) electrons. The molecule has 1 fully saturated rings. The van der Waals surface area contributed by atoms with E-state index in [2.05, 4.69) is 10.3 Å². The molecule has 158 valence electrons. The van der Waals surface area contributed by atoms with Crippen LogP contribution in [0.2, 0.25) is 0 Å². The SMILES string of the molecule is CC(C)Cc1ccc(C(=O)NC(=[N-])c2ccc(CN3CC(C(=O)O)C3)nc2)cc1F.